The van der Waals surface area contributed by atoms with Gasteiger partial charge in [-0.05, 0) is 32.1 Å². The molecule has 102 valence electrons. The maximum absolute atomic E-state index is 11.4. The molecule has 1 N–H and O–H groups in total. The second-order valence-corrected chi connectivity index (χ2v) is 5.05. The highest BCUT2D eigenvalue weighted by Gasteiger charge is 2.13. The Kier molecular flexibility index (Phi) is 10.5. The van der Waals surface area contributed by atoms with Crippen LogP contribution in [-0.4, -0.2) is 31.6 Å². The van der Waals surface area contributed by atoms with Gasteiger partial charge in [-0.3, -0.25) is 4.79 Å². The standard InChI is InChI=1S/C14H29NO2/c1-5-6-10-17-11-9-15-14(13(4)16)8-7-12(2)3/h12,14-15H,5-11H2,1-4H3. The minimum atomic E-state index is 0.00664. The molecule has 1 unspecified atom stereocenters. The summed E-state index contributed by atoms with van der Waals surface area (Å²) in [4.78, 5) is 11.4. The predicted molar refractivity (Wildman–Crippen MR) is 72.3 cm³/mol. The molecule has 0 aromatic rings. The molecule has 0 aromatic heterocycles. The first-order chi connectivity index (χ1) is 8.07. The molecule has 0 aromatic carbocycles. The van der Waals surface area contributed by atoms with Crippen LogP contribution in [0.1, 0.15) is 53.4 Å². The first-order valence-electron chi connectivity index (χ1n) is 6.89. The van der Waals surface area contributed by atoms with Crippen LogP contribution in [0.2, 0.25) is 0 Å². The Labute approximate surface area is 106 Å². The number of hydrogen-bond donors (Lipinski definition) is 1. The van der Waals surface area contributed by atoms with Gasteiger partial charge in [0.2, 0.25) is 0 Å². The van der Waals surface area contributed by atoms with Crippen molar-refractivity contribution in [1.82, 2.24) is 5.32 Å². The topological polar surface area (TPSA) is 38.3 Å². The van der Waals surface area contributed by atoms with Crippen LogP contribution in [-0.2, 0) is 9.53 Å². The smallest absolute Gasteiger partial charge is 0.146 e. The molecule has 0 spiro atoms. The van der Waals surface area contributed by atoms with Crippen molar-refractivity contribution in [3.63, 3.8) is 0 Å². The third-order valence-corrected chi connectivity index (χ3v) is 2.80. The quantitative estimate of drug-likeness (QED) is 0.567. The fourth-order valence-electron chi connectivity index (χ4n) is 1.60. The molecule has 0 fully saturated rings. The van der Waals surface area contributed by atoms with Gasteiger partial charge in [0.1, 0.15) is 5.78 Å². The zero-order valence-corrected chi connectivity index (χ0v) is 11.9. The molecule has 0 aliphatic carbocycles. The monoisotopic (exact) mass is 243 g/mol. The van der Waals surface area contributed by atoms with E-state index in [0.29, 0.717) is 12.5 Å². The van der Waals surface area contributed by atoms with E-state index in [4.69, 9.17) is 4.74 Å². The molecular formula is C14H29NO2. The van der Waals surface area contributed by atoms with Crippen molar-refractivity contribution in [2.75, 3.05) is 19.8 Å². The number of ether oxygens (including phenoxy) is 1. The summed E-state index contributed by atoms with van der Waals surface area (Å²) in [6.07, 6.45) is 4.30. The molecule has 1 atom stereocenters. The van der Waals surface area contributed by atoms with Crippen LogP contribution < -0.4 is 5.32 Å². The van der Waals surface area contributed by atoms with Crippen LogP contribution in [0.25, 0.3) is 0 Å². The van der Waals surface area contributed by atoms with Gasteiger partial charge in [0.05, 0.1) is 12.6 Å². The summed E-state index contributed by atoms with van der Waals surface area (Å²) >= 11 is 0. The van der Waals surface area contributed by atoms with Gasteiger partial charge in [-0.25, -0.2) is 0 Å². The Morgan fingerprint density at radius 2 is 1.94 bits per heavy atom. The molecule has 0 amide bonds. The fraction of sp³-hybridized carbons (Fsp3) is 0.929. The third kappa shape index (κ3) is 10.5. The Bertz CT molecular complexity index is 193. The summed E-state index contributed by atoms with van der Waals surface area (Å²) in [5.41, 5.74) is 0. The Morgan fingerprint density at radius 1 is 1.24 bits per heavy atom. The first kappa shape index (κ1) is 16.6. The number of carbonyl (C=O) groups excluding carboxylic acids is 1. The van der Waals surface area contributed by atoms with Crippen molar-refractivity contribution in [2.24, 2.45) is 5.92 Å². The highest BCUT2D eigenvalue weighted by atomic mass is 16.5. The second-order valence-electron chi connectivity index (χ2n) is 5.05. The molecule has 0 heterocycles. The van der Waals surface area contributed by atoms with Crippen molar-refractivity contribution in [1.29, 1.82) is 0 Å². The fourth-order valence-corrected chi connectivity index (χ4v) is 1.60. The van der Waals surface area contributed by atoms with E-state index in [1.807, 2.05) is 0 Å². The number of nitrogens with one attached hydrogen (secondary N) is 1. The number of rotatable bonds is 11. The molecule has 0 saturated carbocycles. The average molecular weight is 243 g/mol. The first-order valence-corrected chi connectivity index (χ1v) is 6.89. The lowest BCUT2D eigenvalue weighted by molar-refractivity contribution is -0.119. The maximum Gasteiger partial charge on any atom is 0.146 e. The molecule has 3 heteroatoms. The van der Waals surface area contributed by atoms with E-state index in [1.54, 1.807) is 6.92 Å². The number of carbonyl (C=O) groups is 1. The molecule has 0 aliphatic heterocycles. The van der Waals surface area contributed by atoms with E-state index < -0.39 is 0 Å². The largest absolute Gasteiger partial charge is 0.380 e. The Balaban J connectivity index is 3.60. The van der Waals surface area contributed by atoms with Gasteiger partial charge in [0.25, 0.3) is 0 Å². The molecule has 17 heavy (non-hydrogen) atoms. The van der Waals surface area contributed by atoms with Crippen molar-refractivity contribution in [3.05, 3.63) is 0 Å². The van der Waals surface area contributed by atoms with Crippen LogP contribution in [0, 0.1) is 5.92 Å². The molecule has 0 bridgehead atoms. The maximum atomic E-state index is 11.4. The lowest BCUT2D eigenvalue weighted by Crippen LogP contribution is -2.37. The molecule has 3 nitrogen and oxygen atoms in total. The summed E-state index contributed by atoms with van der Waals surface area (Å²) in [6.45, 7) is 10.5. The molecule has 0 saturated heterocycles. The highest BCUT2D eigenvalue weighted by Crippen LogP contribution is 2.07. The lowest BCUT2D eigenvalue weighted by atomic mass is 10.0. The second kappa shape index (κ2) is 10.7. The van der Waals surface area contributed by atoms with E-state index in [-0.39, 0.29) is 11.8 Å². The van der Waals surface area contributed by atoms with Crippen LogP contribution in [0.5, 0.6) is 0 Å². The van der Waals surface area contributed by atoms with E-state index >= 15 is 0 Å². The summed E-state index contributed by atoms with van der Waals surface area (Å²) in [6, 6.07) is 0.00664. The van der Waals surface area contributed by atoms with Gasteiger partial charge < -0.3 is 10.1 Å². The lowest BCUT2D eigenvalue weighted by Gasteiger charge is -2.17. The third-order valence-electron chi connectivity index (χ3n) is 2.80. The number of Topliss-reactive ketones (excluding diaryl/α,β-unsaturated/α-hetero) is 1. The van der Waals surface area contributed by atoms with Crippen LogP contribution in [0.3, 0.4) is 0 Å². The highest BCUT2D eigenvalue weighted by molar-refractivity contribution is 5.81. The summed E-state index contributed by atoms with van der Waals surface area (Å²) in [5, 5.41) is 3.28. The molecule has 0 aliphatic rings. The van der Waals surface area contributed by atoms with Crippen LogP contribution in [0.15, 0.2) is 0 Å². The minimum absolute atomic E-state index is 0.00664. The van der Waals surface area contributed by atoms with E-state index in [2.05, 4.69) is 26.1 Å². The van der Waals surface area contributed by atoms with E-state index in [9.17, 15) is 4.79 Å². The van der Waals surface area contributed by atoms with E-state index in [0.717, 1.165) is 38.8 Å². The van der Waals surface area contributed by atoms with Crippen LogP contribution >= 0.6 is 0 Å². The van der Waals surface area contributed by atoms with Crippen molar-refractivity contribution in [2.45, 2.75) is 59.4 Å². The SMILES string of the molecule is CCCCOCCNC(CCC(C)C)C(C)=O. The van der Waals surface area contributed by atoms with Gasteiger partial charge in [-0.1, -0.05) is 27.2 Å². The zero-order chi connectivity index (χ0) is 13.1. The predicted octanol–water partition coefficient (Wildman–Crippen LogP) is 2.79. The van der Waals surface area contributed by atoms with E-state index in [1.165, 1.54) is 0 Å². The van der Waals surface area contributed by atoms with Crippen molar-refractivity contribution in [3.8, 4) is 0 Å². The van der Waals surface area contributed by atoms with Crippen molar-refractivity contribution >= 4 is 5.78 Å². The van der Waals surface area contributed by atoms with Crippen LogP contribution in [0.4, 0.5) is 0 Å². The number of hydrogen-bond acceptors (Lipinski definition) is 3. The van der Waals surface area contributed by atoms with Gasteiger partial charge in [0, 0.05) is 13.2 Å². The molecule has 0 rings (SSSR count). The number of unbranched alkanes of at least 4 members (excludes halogenated alkanes) is 1. The number of ketones is 1. The molecular weight excluding hydrogens is 214 g/mol. The Morgan fingerprint density at radius 3 is 2.47 bits per heavy atom. The zero-order valence-electron chi connectivity index (χ0n) is 11.9. The van der Waals surface area contributed by atoms with Crippen molar-refractivity contribution < 1.29 is 9.53 Å². The van der Waals surface area contributed by atoms with Gasteiger partial charge in [-0.15, -0.1) is 0 Å². The normalized spacial score (nSPS) is 13.0. The summed E-state index contributed by atoms with van der Waals surface area (Å²) in [5.74, 6) is 0.888. The minimum Gasteiger partial charge on any atom is -0.380 e. The summed E-state index contributed by atoms with van der Waals surface area (Å²) < 4.78 is 5.46. The van der Waals surface area contributed by atoms with Gasteiger partial charge in [0.15, 0.2) is 0 Å². The molecule has 0 radical (unpaired) electrons. The Hall–Kier alpha value is -0.410. The average Bonchev–Trinajstić information content (AvgIpc) is 2.26. The van der Waals surface area contributed by atoms with Gasteiger partial charge in [-0.2, -0.15) is 0 Å². The summed E-state index contributed by atoms with van der Waals surface area (Å²) in [7, 11) is 0. The van der Waals surface area contributed by atoms with Gasteiger partial charge >= 0.3 is 0 Å².